The quantitative estimate of drug-likeness (QED) is 0.271. The molecule has 0 bridgehead atoms. The van der Waals surface area contributed by atoms with E-state index in [0.717, 1.165) is 16.5 Å². The summed E-state index contributed by atoms with van der Waals surface area (Å²) in [4.78, 5) is 23.7. The van der Waals surface area contributed by atoms with E-state index in [1.165, 1.54) is 5.39 Å². The third kappa shape index (κ3) is 6.49. The minimum absolute atomic E-state index is 0.0133. The first-order valence-corrected chi connectivity index (χ1v) is 13.2. The van der Waals surface area contributed by atoms with Gasteiger partial charge in [0.05, 0.1) is 5.92 Å². The highest BCUT2D eigenvalue weighted by molar-refractivity contribution is 6.26. The van der Waals surface area contributed by atoms with E-state index >= 15 is 0 Å². The van der Waals surface area contributed by atoms with Gasteiger partial charge in [0.2, 0.25) is 0 Å². The summed E-state index contributed by atoms with van der Waals surface area (Å²) < 4.78 is 0. The van der Waals surface area contributed by atoms with E-state index in [-0.39, 0.29) is 17.5 Å². The molecule has 2 N–H and O–H groups in total. The van der Waals surface area contributed by atoms with Gasteiger partial charge >= 0.3 is 0 Å². The van der Waals surface area contributed by atoms with Gasteiger partial charge in [0.15, 0.2) is 11.6 Å². The molecule has 5 rings (SSSR count). The number of benzene rings is 4. The summed E-state index contributed by atoms with van der Waals surface area (Å²) >= 11 is 0. The van der Waals surface area contributed by atoms with E-state index in [0.29, 0.717) is 34.5 Å². The largest absolute Gasteiger partial charge is 0.508 e. The van der Waals surface area contributed by atoms with E-state index in [1.54, 1.807) is 30.3 Å². The summed E-state index contributed by atoms with van der Waals surface area (Å²) in [6.45, 7) is 12.1. The lowest BCUT2D eigenvalue weighted by Crippen LogP contribution is -2.21. The molecule has 0 unspecified atom stereocenters. The number of ketones is 2. The van der Waals surface area contributed by atoms with E-state index in [1.807, 2.05) is 56.3 Å². The molecule has 0 aromatic heterocycles. The summed E-state index contributed by atoms with van der Waals surface area (Å²) in [5.74, 6) is 1.17. The Bertz CT molecular complexity index is 1380. The van der Waals surface area contributed by atoms with Crippen molar-refractivity contribution in [3.05, 3.63) is 107 Å². The average molecular weight is 511 g/mol. The van der Waals surface area contributed by atoms with Crippen LogP contribution in [0, 0.1) is 11.8 Å². The first-order valence-electron chi connectivity index (χ1n) is 13.2. The van der Waals surface area contributed by atoms with Gasteiger partial charge in [0.1, 0.15) is 11.5 Å². The number of phenols is 2. The van der Waals surface area contributed by atoms with Crippen molar-refractivity contribution in [3.8, 4) is 11.5 Å². The minimum Gasteiger partial charge on any atom is -0.508 e. The summed E-state index contributed by atoms with van der Waals surface area (Å²) in [6.07, 6.45) is 0. The lowest BCUT2D eigenvalue weighted by molar-refractivity contribution is 0.0799. The van der Waals surface area contributed by atoms with Crippen LogP contribution in [0.15, 0.2) is 84.9 Å². The van der Waals surface area contributed by atoms with Crippen molar-refractivity contribution in [3.63, 3.8) is 0 Å². The van der Waals surface area contributed by atoms with Crippen LogP contribution in [0.4, 0.5) is 0 Å². The molecule has 198 valence electrons. The molecule has 0 amide bonds. The molecule has 38 heavy (non-hydrogen) atoms. The SMILES string of the molecule is CC(C)C1C(=O)c2ccccc2C1=O.CC(C)c1cc2ccccc2cc1O.CC(C)c1ccccc1O. The third-order valence-corrected chi connectivity index (χ3v) is 6.77. The maximum atomic E-state index is 11.8. The Morgan fingerprint density at radius 2 is 1.00 bits per heavy atom. The maximum Gasteiger partial charge on any atom is 0.174 e. The van der Waals surface area contributed by atoms with Gasteiger partial charge in [-0.2, -0.15) is 0 Å². The number of Topliss-reactive ketones (excluding diaryl/α,β-unsaturated/α-hetero) is 2. The molecule has 4 aromatic rings. The molecular formula is C34H38O4. The van der Waals surface area contributed by atoms with Crippen LogP contribution < -0.4 is 0 Å². The molecule has 4 nitrogen and oxygen atoms in total. The number of fused-ring (bicyclic) bond motifs is 2. The van der Waals surface area contributed by atoms with Gasteiger partial charge in [-0.15, -0.1) is 0 Å². The van der Waals surface area contributed by atoms with Crippen molar-refractivity contribution < 1.29 is 19.8 Å². The Morgan fingerprint density at radius 1 is 0.553 bits per heavy atom. The molecule has 1 aliphatic rings. The van der Waals surface area contributed by atoms with Crippen LogP contribution in [0.3, 0.4) is 0 Å². The van der Waals surface area contributed by atoms with Crippen LogP contribution in [0.1, 0.15) is 85.2 Å². The zero-order valence-corrected chi connectivity index (χ0v) is 23.1. The standard InChI is InChI=1S/C13H14O.C12H12O2.C9H12O/c1-9(2)12-7-10-5-3-4-6-11(10)8-13(12)14;1-7(2)10-11(13)8-5-3-4-6-9(8)12(10)14;1-7(2)8-5-3-4-6-9(8)10/h3-9,14H,1-2H3;3-7,10H,1-2H3;3-7,10H,1-2H3. The van der Waals surface area contributed by atoms with E-state index in [9.17, 15) is 19.8 Å². The van der Waals surface area contributed by atoms with Crippen molar-refractivity contribution in [2.45, 2.75) is 53.4 Å². The number of carbonyl (C=O) groups excluding carboxylic acids is 2. The summed E-state index contributed by atoms with van der Waals surface area (Å²) in [5, 5.41) is 21.3. The second kappa shape index (κ2) is 12.6. The molecule has 4 aromatic carbocycles. The van der Waals surface area contributed by atoms with Crippen LogP contribution in [-0.2, 0) is 0 Å². The van der Waals surface area contributed by atoms with Gasteiger partial charge < -0.3 is 10.2 Å². The molecule has 0 atom stereocenters. The smallest absolute Gasteiger partial charge is 0.174 e. The fraction of sp³-hybridized carbons (Fsp3) is 0.294. The van der Waals surface area contributed by atoms with Gasteiger partial charge in [-0.1, -0.05) is 108 Å². The van der Waals surface area contributed by atoms with Crippen LogP contribution in [-0.4, -0.2) is 21.8 Å². The minimum atomic E-state index is -0.451. The highest BCUT2D eigenvalue weighted by atomic mass is 16.3. The van der Waals surface area contributed by atoms with Gasteiger partial charge in [-0.3, -0.25) is 9.59 Å². The molecule has 0 fully saturated rings. The molecule has 0 heterocycles. The Kier molecular flexibility index (Phi) is 9.46. The third-order valence-electron chi connectivity index (χ3n) is 6.77. The molecule has 0 spiro atoms. The second-order valence-corrected chi connectivity index (χ2v) is 10.6. The topological polar surface area (TPSA) is 74.6 Å². The normalized spacial score (nSPS) is 12.9. The Hall–Kier alpha value is -3.92. The number of rotatable bonds is 3. The van der Waals surface area contributed by atoms with Gasteiger partial charge in [0.25, 0.3) is 0 Å². The monoisotopic (exact) mass is 510 g/mol. The molecule has 0 radical (unpaired) electrons. The molecule has 0 saturated heterocycles. The van der Waals surface area contributed by atoms with Crippen LogP contribution in [0.2, 0.25) is 0 Å². The lowest BCUT2D eigenvalue weighted by atomic mass is 9.91. The van der Waals surface area contributed by atoms with Gasteiger partial charge in [0, 0.05) is 11.1 Å². The predicted octanol–water partition coefficient (Wildman–Crippen LogP) is 8.52. The first-order chi connectivity index (χ1) is 18.0. The molecule has 0 saturated carbocycles. The van der Waals surface area contributed by atoms with Crippen molar-refractivity contribution >= 4 is 22.3 Å². The van der Waals surface area contributed by atoms with E-state index in [2.05, 4.69) is 39.8 Å². The van der Waals surface area contributed by atoms with Crippen molar-refractivity contribution in [1.29, 1.82) is 0 Å². The Labute approximate surface area is 226 Å². The number of para-hydroxylation sites is 1. The predicted molar refractivity (Wildman–Crippen MR) is 155 cm³/mol. The summed E-state index contributed by atoms with van der Waals surface area (Å²) in [5.41, 5.74) is 3.22. The zero-order chi connectivity index (χ0) is 28.0. The van der Waals surface area contributed by atoms with Crippen molar-refractivity contribution in [1.82, 2.24) is 0 Å². The first kappa shape index (κ1) is 28.6. The molecule has 0 aliphatic heterocycles. The highest BCUT2D eigenvalue weighted by Crippen LogP contribution is 2.31. The zero-order valence-electron chi connectivity index (χ0n) is 23.1. The van der Waals surface area contributed by atoms with Crippen molar-refractivity contribution in [2.75, 3.05) is 0 Å². The Morgan fingerprint density at radius 3 is 1.45 bits per heavy atom. The second-order valence-electron chi connectivity index (χ2n) is 10.6. The maximum absolute atomic E-state index is 11.8. The van der Waals surface area contributed by atoms with Gasteiger partial charge in [-0.25, -0.2) is 0 Å². The Balaban J connectivity index is 0.000000161. The van der Waals surface area contributed by atoms with E-state index < -0.39 is 5.92 Å². The highest BCUT2D eigenvalue weighted by Gasteiger charge is 2.39. The fourth-order valence-electron chi connectivity index (χ4n) is 4.66. The average Bonchev–Trinajstić information content (AvgIpc) is 3.14. The summed E-state index contributed by atoms with van der Waals surface area (Å²) in [7, 11) is 0. The number of hydrogen-bond acceptors (Lipinski definition) is 4. The molecule has 4 heteroatoms. The number of aromatic hydroxyl groups is 2. The number of hydrogen-bond donors (Lipinski definition) is 2. The molecule has 1 aliphatic carbocycles. The molecular weight excluding hydrogens is 472 g/mol. The fourth-order valence-corrected chi connectivity index (χ4v) is 4.66. The lowest BCUT2D eigenvalue weighted by Gasteiger charge is -2.09. The number of phenolic OH excluding ortho intramolecular Hbond substituents is 2. The van der Waals surface area contributed by atoms with Crippen LogP contribution >= 0.6 is 0 Å². The van der Waals surface area contributed by atoms with Crippen LogP contribution in [0.25, 0.3) is 10.8 Å². The van der Waals surface area contributed by atoms with E-state index in [4.69, 9.17) is 0 Å². The van der Waals surface area contributed by atoms with Crippen molar-refractivity contribution in [2.24, 2.45) is 11.8 Å². The van der Waals surface area contributed by atoms with Crippen LogP contribution in [0.5, 0.6) is 11.5 Å². The number of carbonyl (C=O) groups is 2. The van der Waals surface area contributed by atoms with Gasteiger partial charge in [-0.05, 0) is 57.9 Å². The summed E-state index contributed by atoms with van der Waals surface area (Å²) in [6, 6.07) is 26.5.